The molecule has 0 N–H and O–H groups in total. The Labute approximate surface area is 170 Å². The second-order valence-corrected chi connectivity index (χ2v) is 7.22. The minimum atomic E-state index is -0.391. The summed E-state index contributed by atoms with van der Waals surface area (Å²) < 4.78 is 5.10. The van der Waals surface area contributed by atoms with E-state index in [2.05, 4.69) is 21.4 Å². The van der Waals surface area contributed by atoms with Gasteiger partial charge in [0.05, 0.1) is 17.4 Å². The first-order valence-electron chi connectivity index (χ1n) is 10.0. The predicted octanol–water partition coefficient (Wildman–Crippen LogP) is 1.47. The average molecular weight is 404 g/mol. The van der Waals surface area contributed by atoms with Gasteiger partial charge in [-0.15, -0.1) is 6.58 Å². The summed E-state index contributed by atoms with van der Waals surface area (Å²) >= 11 is 0. The van der Waals surface area contributed by atoms with Crippen molar-refractivity contribution in [2.45, 2.75) is 19.8 Å². The quantitative estimate of drug-likeness (QED) is 0.289. The van der Waals surface area contributed by atoms with Crippen molar-refractivity contribution in [2.24, 2.45) is 5.92 Å². The number of piperazine rings is 1. The Balaban J connectivity index is 1.75. The first-order valence-corrected chi connectivity index (χ1v) is 10.0. The van der Waals surface area contributed by atoms with Crippen molar-refractivity contribution in [3.8, 4) is 0 Å². The lowest BCUT2D eigenvalue weighted by atomic mass is 9.97. The zero-order chi connectivity index (χ0) is 20.8. The number of nitro groups is 1. The maximum atomic E-state index is 12.0. The van der Waals surface area contributed by atoms with Crippen LogP contribution in [-0.4, -0.2) is 78.2 Å². The molecule has 2 aliphatic rings. The second kappa shape index (κ2) is 9.64. The molecule has 3 rings (SSSR count). The van der Waals surface area contributed by atoms with Gasteiger partial charge in [0.25, 0.3) is 0 Å². The molecule has 0 aliphatic carbocycles. The van der Waals surface area contributed by atoms with Crippen molar-refractivity contribution >= 4 is 23.3 Å². The number of rotatable bonds is 7. The SMILES string of the molecule is C=CCN1CCN(c2ncnc(N3CCC(C(=O)OCC)CC3)c2[N+](=O)[O-])CC1. The molecule has 10 heteroatoms. The summed E-state index contributed by atoms with van der Waals surface area (Å²) in [6.45, 7) is 10.7. The summed E-state index contributed by atoms with van der Waals surface area (Å²) in [5, 5.41) is 11.9. The number of anilines is 2. The normalized spacial score (nSPS) is 18.5. The maximum absolute atomic E-state index is 12.0. The Kier molecular flexibility index (Phi) is 6.97. The van der Waals surface area contributed by atoms with Crippen LogP contribution in [0.25, 0.3) is 0 Å². The molecule has 0 amide bonds. The smallest absolute Gasteiger partial charge is 0.353 e. The van der Waals surface area contributed by atoms with Gasteiger partial charge in [0, 0.05) is 45.8 Å². The fourth-order valence-corrected chi connectivity index (χ4v) is 3.90. The van der Waals surface area contributed by atoms with E-state index in [1.165, 1.54) is 6.33 Å². The van der Waals surface area contributed by atoms with Crippen molar-refractivity contribution in [2.75, 3.05) is 62.2 Å². The number of hydrogen-bond donors (Lipinski definition) is 0. The van der Waals surface area contributed by atoms with E-state index in [1.807, 2.05) is 15.9 Å². The summed E-state index contributed by atoms with van der Waals surface area (Å²) in [6, 6.07) is 0. The van der Waals surface area contributed by atoms with Crippen LogP contribution >= 0.6 is 0 Å². The molecule has 0 atom stereocenters. The van der Waals surface area contributed by atoms with Crippen LogP contribution < -0.4 is 9.80 Å². The van der Waals surface area contributed by atoms with Gasteiger partial charge in [-0.25, -0.2) is 9.97 Å². The van der Waals surface area contributed by atoms with Crippen LogP contribution in [0, 0.1) is 16.0 Å². The third-order valence-corrected chi connectivity index (χ3v) is 5.44. The average Bonchev–Trinajstić information content (AvgIpc) is 2.74. The molecule has 158 valence electrons. The molecule has 0 unspecified atom stereocenters. The number of carbonyl (C=O) groups excluding carboxylic acids is 1. The van der Waals surface area contributed by atoms with Crippen molar-refractivity contribution in [1.29, 1.82) is 0 Å². The fourth-order valence-electron chi connectivity index (χ4n) is 3.90. The van der Waals surface area contributed by atoms with Gasteiger partial charge >= 0.3 is 11.7 Å². The molecule has 2 saturated heterocycles. The van der Waals surface area contributed by atoms with Gasteiger partial charge in [-0.2, -0.15) is 0 Å². The zero-order valence-corrected chi connectivity index (χ0v) is 16.8. The summed E-state index contributed by atoms with van der Waals surface area (Å²) in [5.74, 6) is 0.341. The van der Waals surface area contributed by atoms with Crippen LogP contribution in [0.3, 0.4) is 0 Å². The van der Waals surface area contributed by atoms with Gasteiger partial charge in [-0.3, -0.25) is 19.8 Å². The first-order chi connectivity index (χ1) is 14.0. The number of ether oxygens (including phenoxy) is 1. The highest BCUT2D eigenvalue weighted by Crippen LogP contribution is 2.36. The fraction of sp³-hybridized carbons (Fsp3) is 0.632. The van der Waals surface area contributed by atoms with E-state index >= 15 is 0 Å². The highest BCUT2D eigenvalue weighted by molar-refractivity contribution is 5.74. The minimum Gasteiger partial charge on any atom is -0.466 e. The van der Waals surface area contributed by atoms with Crippen LogP contribution in [0.2, 0.25) is 0 Å². The van der Waals surface area contributed by atoms with Gasteiger partial charge in [0.1, 0.15) is 6.33 Å². The molecule has 3 heterocycles. The lowest BCUT2D eigenvalue weighted by molar-refractivity contribution is -0.383. The maximum Gasteiger partial charge on any atom is 0.353 e. The third kappa shape index (κ3) is 4.81. The molecule has 10 nitrogen and oxygen atoms in total. The Morgan fingerprint density at radius 2 is 1.79 bits per heavy atom. The largest absolute Gasteiger partial charge is 0.466 e. The Morgan fingerprint density at radius 3 is 2.31 bits per heavy atom. The van der Waals surface area contributed by atoms with Gasteiger partial charge in [0.2, 0.25) is 11.6 Å². The number of carbonyl (C=O) groups is 1. The lowest BCUT2D eigenvalue weighted by Crippen LogP contribution is -2.47. The van der Waals surface area contributed by atoms with Crippen LogP contribution in [0.4, 0.5) is 17.3 Å². The number of nitrogens with zero attached hydrogens (tertiary/aromatic N) is 6. The highest BCUT2D eigenvalue weighted by atomic mass is 16.6. The van der Waals surface area contributed by atoms with Crippen LogP contribution in [-0.2, 0) is 9.53 Å². The van der Waals surface area contributed by atoms with Gasteiger partial charge in [-0.05, 0) is 19.8 Å². The third-order valence-electron chi connectivity index (χ3n) is 5.44. The molecule has 0 aromatic carbocycles. The Morgan fingerprint density at radius 1 is 1.21 bits per heavy atom. The van der Waals surface area contributed by atoms with E-state index in [4.69, 9.17) is 4.74 Å². The highest BCUT2D eigenvalue weighted by Gasteiger charge is 2.34. The van der Waals surface area contributed by atoms with Crippen molar-refractivity contribution in [3.05, 3.63) is 29.1 Å². The molecule has 0 saturated carbocycles. The van der Waals surface area contributed by atoms with E-state index in [9.17, 15) is 14.9 Å². The second-order valence-electron chi connectivity index (χ2n) is 7.22. The molecule has 2 fully saturated rings. The van der Waals surface area contributed by atoms with Gasteiger partial charge in [0.15, 0.2) is 0 Å². The number of piperidine rings is 1. The molecule has 0 radical (unpaired) electrons. The number of hydrogen-bond acceptors (Lipinski definition) is 9. The summed E-state index contributed by atoms with van der Waals surface area (Å²) in [5.41, 5.74) is -0.0562. The van der Waals surface area contributed by atoms with Crippen LogP contribution in [0.1, 0.15) is 19.8 Å². The summed E-state index contributed by atoms with van der Waals surface area (Å²) in [7, 11) is 0. The van der Waals surface area contributed by atoms with E-state index in [-0.39, 0.29) is 17.6 Å². The van der Waals surface area contributed by atoms with Crippen molar-refractivity contribution in [1.82, 2.24) is 14.9 Å². The topological polar surface area (TPSA) is 105 Å². The zero-order valence-electron chi connectivity index (χ0n) is 16.8. The lowest BCUT2D eigenvalue weighted by Gasteiger charge is -2.35. The van der Waals surface area contributed by atoms with E-state index in [1.54, 1.807) is 6.92 Å². The van der Waals surface area contributed by atoms with Crippen LogP contribution in [0.15, 0.2) is 19.0 Å². The minimum absolute atomic E-state index is 0.0562. The summed E-state index contributed by atoms with van der Waals surface area (Å²) in [4.78, 5) is 38.1. The number of aromatic nitrogens is 2. The molecule has 29 heavy (non-hydrogen) atoms. The van der Waals surface area contributed by atoms with Crippen molar-refractivity contribution < 1.29 is 14.5 Å². The molecule has 1 aromatic heterocycles. The Bertz CT molecular complexity index is 742. The van der Waals surface area contributed by atoms with E-state index in [0.717, 1.165) is 19.6 Å². The first kappa shape index (κ1) is 21.0. The number of esters is 1. The van der Waals surface area contributed by atoms with Gasteiger partial charge in [-0.1, -0.05) is 6.08 Å². The van der Waals surface area contributed by atoms with Crippen molar-refractivity contribution in [3.63, 3.8) is 0 Å². The van der Waals surface area contributed by atoms with Gasteiger partial charge < -0.3 is 14.5 Å². The summed E-state index contributed by atoms with van der Waals surface area (Å²) in [6.07, 6.45) is 4.44. The van der Waals surface area contributed by atoms with E-state index < -0.39 is 4.92 Å². The molecule has 2 aliphatic heterocycles. The molecule has 0 spiro atoms. The molecular weight excluding hydrogens is 376 g/mol. The Hall–Kier alpha value is -2.75. The predicted molar refractivity (Wildman–Crippen MR) is 109 cm³/mol. The molecule has 0 bridgehead atoms. The van der Waals surface area contributed by atoms with Crippen LogP contribution in [0.5, 0.6) is 0 Å². The molecular formula is C19H28N6O4. The standard InChI is InChI=1S/C19H28N6O4/c1-3-7-22-10-12-24(13-11-22)18-16(25(27)28)17(20-14-21-18)23-8-5-15(6-9-23)19(26)29-4-2/h3,14-15H,1,4-13H2,2H3. The monoisotopic (exact) mass is 404 g/mol. The molecule has 1 aromatic rings. The van der Waals surface area contributed by atoms with E-state index in [0.29, 0.717) is 57.3 Å².